The van der Waals surface area contributed by atoms with Crippen LogP contribution in [0.25, 0.3) is 0 Å². The van der Waals surface area contributed by atoms with Crippen LogP contribution in [0, 0.1) is 0 Å². The summed E-state index contributed by atoms with van der Waals surface area (Å²) in [5, 5.41) is 1.16. The van der Waals surface area contributed by atoms with Gasteiger partial charge < -0.3 is 10.6 Å². The molecule has 2 rings (SSSR count). The molecule has 19 heavy (non-hydrogen) atoms. The van der Waals surface area contributed by atoms with Crippen molar-refractivity contribution in [1.29, 1.82) is 0 Å². The molecule has 108 valence electrons. The van der Waals surface area contributed by atoms with E-state index in [1.165, 1.54) is 10.6 Å². The summed E-state index contributed by atoms with van der Waals surface area (Å²) in [6, 6.07) is 0. The summed E-state index contributed by atoms with van der Waals surface area (Å²) in [5.41, 5.74) is 7.26. The number of nitrogens with zero attached hydrogens (tertiary/aromatic N) is 3. The molecule has 5 heteroatoms. The zero-order valence-corrected chi connectivity index (χ0v) is 13.4. The molecule has 2 N–H and O–H groups in total. The molecule has 0 spiro atoms. The monoisotopic (exact) mass is 282 g/mol. The van der Waals surface area contributed by atoms with Crippen molar-refractivity contribution >= 4 is 16.5 Å². The molecular formula is C14H26N4S. The van der Waals surface area contributed by atoms with Crippen molar-refractivity contribution in [2.45, 2.75) is 45.7 Å². The summed E-state index contributed by atoms with van der Waals surface area (Å²) < 4.78 is 0. The lowest BCUT2D eigenvalue weighted by molar-refractivity contribution is 0.139. The van der Waals surface area contributed by atoms with Crippen LogP contribution in [0.15, 0.2) is 0 Å². The molecule has 1 fully saturated rings. The summed E-state index contributed by atoms with van der Waals surface area (Å²) >= 11 is 1.78. The van der Waals surface area contributed by atoms with Crippen molar-refractivity contribution in [2.24, 2.45) is 5.73 Å². The normalized spacial score (nSPS) is 19.9. The van der Waals surface area contributed by atoms with Crippen LogP contribution in [0.5, 0.6) is 0 Å². The van der Waals surface area contributed by atoms with Gasteiger partial charge in [0.05, 0.1) is 5.69 Å². The van der Waals surface area contributed by atoms with Crippen molar-refractivity contribution < 1.29 is 0 Å². The molecule has 0 aromatic carbocycles. The molecule has 1 aliphatic rings. The van der Waals surface area contributed by atoms with Crippen LogP contribution in [0.1, 0.15) is 37.8 Å². The SMILES string of the molecule is CCCc1nc(N2CCN(C)C(C)(C)C2)sc1CN. The van der Waals surface area contributed by atoms with E-state index in [1.54, 1.807) is 11.3 Å². The third-order valence-corrected chi connectivity index (χ3v) is 5.21. The predicted octanol–water partition coefficient (Wildman–Crippen LogP) is 2.08. The molecule has 4 nitrogen and oxygen atoms in total. The minimum absolute atomic E-state index is 0.206. The highest BCUT2D eigenvalue weighted by atomic mass is 32.1. The Labute approximate surface area is 120 Å². The van der Waals surface area contributed by atoms with Gasteiger partial charge in [-0.1, -0.05) is 13.3 Å². The predicted molar refractivity (Wildman–Crippen MR) is 82.9 cm³/mol. The highest BCUT2D eigenvalue weighted by Gasteiger charge is 2.32. The van der Waals surface area contributed by atoms with Crippen LogP contribution in [-0.2, 0) is 13.0 Å². The van der Waals surface area contributed by atoms with Crippen LogP contribution in [-0.4, -0.2) is 42.1 Å². The number of likely N-dealkylation sites (N-methyl/N-ethyl adjacent to an activating group) is 1. The first-order chi connectivity index (χ1) is 8.97. The van der Waals surface area contributed by atoms with Gasteiger partial charge in [0.2, 0.25) is 0 Å². The molecule has 1 aliphatic heterocycles. The average Bonchev–Trinajstić information content (AvgIpc) is 2.76. The van der Waals surface area contributed by atoms with Crippen molar-refractivity contribution in [3.63, 3.8) is 0 Å². The summed E-state index contributed by atoms with van der Waals surface area (Å²) in [6.07, 6.45) is 2.17. The van der Waals surface area contributed by atoms with Crippen LogP contribution in [0.2, 0.25) is 0 Å². The number of rotatable bonds is 4. The number of aromatic nitrogens is 1. The van der Waals surface area contributed by atoms with Crippen molar-refractivity contribution in [2.75, 3.05) is 31.6 Å². The smallest absolute Gasteiger partial charge is 0.185 e. The second-order valence-corrected chi connectivity index (χ2v) is 7.04. The maximum atomic E-state index is 5.84. The Morgan fingerprint density at radius 3 is 2.68 bits per heavy atom. The van der Waals surface area contributed by atoms with E-state index < -0.39 is 0 Å². The molecule has 0 amide bonds. The molecule has 0 saturated carbocycles. The zero-order chi connectivity index (χ0) is 14.0. The third-order valence-electron chi connectivity index (χ3n) is 4.03. The highest BCUT2D eigenvalue weighted by Crippen LogP contribution is 2.30. The second-order valence-electron chi connectivity index (χ2n) is 5.98. The molecule has 0 radical (unpaired) electrons. The summed E-state index contributed by atoms with van der Waals surface area (Å²) in [6.45, 7) is 10.6. The molecule has 1 saturated heterocycles. The Morgan fingerprint density at radius 1 is 1.37 bits per heavy atom. The van der Waals surface area contributed by atoms with Crippen molar-refractivity contribution in [1.82, 2.24) is 9.88 Å². The molecule has 2 heterocycles. The molecule has 0 aliphatic carbocycles. The largest absolute Gasteiger partial charge is 0.345 e. The van der Waals surface area contributed by atoms with E-state index in [-0.39, 0.29) is 5.54 Å². The van der Waals surface area contributed by atoms with Gasteiger partial charge in [-0.15, -0.1) is 11.3 Å². The number of nitrogens with two attached hydrogens (primary N) is 1. The fourth-order valence-electron chi connectivity index (χ4n) is 2.50. The minimum atomic E-state index is 0.206. The standard InChI is InChI=1S/C14H26N4S/c1-5-6-11-12(9-15)19-13(16-11)18-8-7-17(4)14(2,3)10-18/h5-10,15H2,1-4H3. The Morgan fingerprint density at radius 2 is 2.11 bits per heavy atom. The first kappa shape index (κ1) is 14.8. The quantitative estimate of drug-likeness (QED) is 0.918. The topological polar surface area (TPSA) is 45.4 Å². The Bertz CT molecular complexity index is 427. The fraction of sp³-hybridized carbons (Fsp3) is 0.786. The third kappa shape index (κ3) is 3.09. The van der Waals surface area contributed by atoms with E-state index in [1.807, 2.05) is 0 Å². The number of aryl methyl sites for hydroxylation is 1. The Hall–Kier alpha value is -0.650. The number of hydrogen-bond donors (Lipinski definition) is 1. The van der Waals surface area contributed by atoms with Gasteiger partial charge in [-0.25, -0.2) is 4.98 Å². The van der Waals surface area contributed by atoms with E-state index in [0.29, 0.717) is 6.54 Å². The van der Waals surface area contributed by atoms with E-state index >= 15 is 0 Å². The maximum absolute atomic E-state index is 5.84. The summed E-state index contributed by atoms with van der Waals surface area (Å²) in [5.74, 6) is 0. The van der Waals surface area contributed by atoms with Gasteiger partial charge in [0.1, 0.15) is 0 Å². The van der Waals surface area contributed by atoms with Crippen LogP contribution in [0.3, 0.4) is 0 Å². The number of hydrogen-bond acceptors (Lipinski definition) is 5. The van der Waals surface area contributed by atoms with Gasteiger partial charge in [0.15, 0.2) is 5.13 Å². The van der Waals surface area contributed by atoms with Crippen molar-refractivity contribution in [3.05, 3.63) is 10.6 Å². The van der Waals surface area contributed by atoms with E-state index in [4.69, 9.17) is 10.7 Å². The number of thiazole rings is 1. The lowest BCUT2D eigenvalue weighted by Crippen LogP contribution is -2.57. The van der Waals surface area contributed by atoms with E-state index in [2.05, 4.69) is 37.6 Å². The van der Waals surface area contributed by atoms with Crippen LogP contribution in [0.4, 0.5) is 5.13 Å². The zero-order valence-electron chi connectivity index (χ0n) is 12.6. The molecule has 0 bridgehead atoms. The minimum Gasteiger partial charge on any atom is -0.345 e. The maximum Gasteiger partial charge on any atom is 0.185 e. The average molecular weight is 282 g/mol. The summed E-state index contributed by atoms with van der Waals surface area (Å²) in [4.78, 5) is 10.9. The molecule has 1 aromatic heterocycles. The van der Waals surface area contributed by atoms with E-state index in [9.17, 15) is 0 Å². The van der Waals surface area contributed by atoms with Crippen LogP contribution < -0.4 is 10.6 Å². The lowest BCUT2D eigenvalue weighted by atomic mass is 10.0. The van der Waals surface area contributed by atoms with Gasteiger partial charge in [0, 0.05) is 36.6 Å². The van der Waals surface area contributed by atoms with Crippen molar-refractivity contribution in [3.8, 4) is 0 Å². The number of piperazine rings is 1. The van der Waals surface area contributed by atoms with Crippen LogP contribution >= 0.6 is 11.3 Å². The molecule has 0 atom stereocenters. The molecule has 1 aromatic rings. The van der Waals surface area contributed by atoms with Gasteiger partial charge in [-0.2, -0.15) is 0 Å². The van der Waals surface area contributed by atoms with E-state index in [0.717, 1.165) is 37.6 Å². The lowest BCUT2D eigenvalue weighted by Gasteiger charge is -2.45. The van der Waals surface area contributed by atoms with Gasteiger partial charge in [-0.05, 0) is 27.3 Å². The highest BCUT2D eigenvalue weighted by molar-refractivity contribution is 7.15. The first-order valence-electron chi connectivity index (χ1n) is 7.12. The van der Waals surface area contributed by atoms with Gasteiger partial charge in [0.25, 0.3) is 0 Å². The first-order valence-corrected chi connectivity index (χ1v) is 7.94. The molecule has 0 unspecified atom stereocenters. The Kier molecular flexibility index (Phi) is 4.48. The molecular weight excluding hydrogens is 256 g/mol. The van der Waals surface area contributed by atoms with Gasteiger partial charge in [-0.3, -0.25) is 4.90 Å². The van der Waals surface area contributed by atoms with Gasteiger partial charge >= 0.3 is 0 Å². The Balaban J connectivity index is 2.18. The fourth-order valence-corrected chi connectivity index (χ4v) is 3.51. The second kappa shape index (κ2) is 5.77. The summed E-state index contributed by atoms with van der Waals surface area (Å²) in [7, 11) is 2.20. The number of anilines is 1.